The van der Waals surface area contributed by atoms with Crippen LogP contribution in [-0.4, -0.2) is 222 Å². The molecule has 5 fully saturated rings. The molecule has 1 aromatic heterocycles. The van der Waals surface area contributed by atoms with Crippen LogP contribution < -0.4 is 10.2 Å². The van der Waals surface area contributed by atoms with Crippen molar-refractivity contribution in [3.8, 4) is 0 Å². The number of piperidine rings is 2. The molecule has 3 saturated heterocycles. The number of benzene rings is 1. The molecule has 4 N–H and O–H groups in total. The van der Waals surface area contributed by atoms with Gasteiger partial charge in [-0.3, -0.25) is 63.1 Å². The lowest BCUT2D eigenvalue weighted by atomic mass is 9.82. The van der Waals surface area contributed by atoms with Gasteiger partial charge in [0.05, 0.1) is 49.9 Å². The van der Waals surface area contributed by atoms with E-state index in [4.69, 9.17) is 11.3 Å². The number of hydrogen-bond donors (Lipinski definition) is 4. The highest BCUT2D eigenvalue weighted by molar-refractivity contribution is 6.07. The minimum absolute atomic E-state index is 0.0265. The molecule has 0 spiro atoms. The molecule has 7 rings (SSSR count). The lowest BCUT2D eigenvalue weighted by Crippen LogP contribution is -2.51. The zero-order valence-electron chi connectivity index (χ0n) is 39.3. The first-order valence-corrected chi connectivity index (χ1v) is 24.2. The molecule has 68 heavy (non-hydrogen) atoms. The second-order valence-electron chi connectivity index (χ2n) is 19.4. The molecule has 3 aliphatic heterocycles. The molecular weight excluding hydrogens is 877 g/mol. The third kappa shape index (κ3) is 14.1. The molecule has 0 radical (unpaired) electrons. The molecule has 2 saturated carbocycles. The monoisotopic (exact) mass is 945 g/mol. The van der Waals surface area contributed by atoms with Crippen LogP contribution in [0.25, 0.3) is 15.7 Å². The van der Waals surface area contributed by atoms with E-state index in [2.05, 4.69) is 27.1 Å². The number of anilines is 1. The van der Waals surface area contributed by atoms with Crippen molar-refractivity contribution in [2.24, 2.45) is 17.8 Å². The van der Waals surface area contributed by atoms with Crippen molar-refractivity contribution in [1.82, 2.24) is 39.7 Å². The fourth-order valence-corrected chi connectivity index (χ4v) is 10.5. The van der Waals surface area contributed by atoms with E-state index in [-0.39, 0.29) is 62.6 Å². The Morgan fingerprint density at radius 3 is 1.85 bits per heavy atom. The van der Waals surface area contributed by atoms with Gasteiger partial charge in [0.1, 0.15) is 0 Å². The van der Waals surface area contributed by atoms with Gasteiger partial charge >= 0.3 is 24.1 Å². The van der Waals surface area contributed by atoms with Crippen LogP contribution in [0.4, 0.5) is 5.69 Å². The van der Waals surface area contributed by atoms with Crippen LogP contribution in [0, 0.1) is 24.3 Å². The molecule has 0 unspecified atom stereocenters. The van der Waals surface area contributed by atoms with Gasteiger partial charge in [-0.1, -0.05) is 0 Å². The highest BCUT2D eigenvalue weighted by Gasteiger charge is 2.57. The van der Waals surface area contributed by atoms with E-state index in [0.717, 1.165) is 69.0 Å². The molecule has 4 heterocycles. The Morgan fingerprint density at radius 1 is 0.735 bits per heavy atom. The Labute approximate surface area is 397 Å². The largest absolute Gasteiger partial charge is 0.480 e. The number of pyridine rings is 1. The van der Waals surface area contributed by atoms with Crippen molar-refractivity contribution in [2.45, 2.75) is 69.7 Å². The summed E-state index contributed by atoms with van der Waals surface area (Å²) < 4.78 is 6.45. The number of carbonyl (C=O) groups is 6. The number of ether oxygens (including phenoxy) is 1. The zero-order chi connectivity index (χ0) is 48.3. The average molecular weight is 945 g/mol. The predicted molar refractivity (Wildman–Crippen MR) is 251 cm³/mol. The summed E-state index contributed by atoms with van der Waals surface area (Å²) in [6.07, 6.45) is 8.68. The number of rotatable bonds is 17. The van der Waals surface area contributed by atoms with Gasteiger partial charge in [0.2, 0.25) is 11.8 Å². The zero-order valence-corrected chi connectivity index (χ0v) is 39.3. The number of carboxylic acids is 3. The lowest BCUT2D eigenvalue weighted by Gasteiger charge is -2.36. The van der Waals surface area contributed by atoms with Crippen molar-refractivity contribution in [3.05, 3.63) is 47.4 Å². The third-order valence-corrected chi connectivity index (χ3v) is 14.6. The first-order valence-electron chi connectivity index (χ1n) is 24.2. The number of nitrogens with zero attached hydrogens (tertiary/aromatic N) is 9. The van der Waals surface area contributed by atoms with E-state index >= 15 is 0 Å². The van der Waals surface area contributed by atoms with E-state index in [1.54, 1.807) is 31.9 Å². The van der Waals surface area contributed by atoms with E-state index in [1.165, 1.54) is 0 Å². The van der Waals surface area contributed by atoms with Gasteiger partial charge in [-0.25, -0.2) is 6.57 Å². The lowest BCUT2D eigenvalue weighted by molar-refractivity contribution is -0.141. The van der Waals surface area contributed by atoms with Crippen LogP contribution >= 0.6 is 0 Å². The molecule has 3 amide bonds. The normalized spacial score (nSPS) is 24.9. The van der Waals surface area contributed by atoms with Crippen molar-refractivity contribution < 1.29 is 48.8 Å². The number of fused-ring (bicyclic) bond motifs is 2. The van der Waals surface area contributed by atoms with Crippen molar-refractivity contribution in [2.75, 3.05) is 123 Å². The number of aliphatic carboxylic acids is 3. The molecular formula is C48H68N10O10. The summed E-state index contributed by atoms with van der Waals surface area (Å²) in [7, 11) is 2.07. The maximum absolute atomic E-state index is 13.6. The summed E-state index contributed by atoms with van der Waals surface area (Å²) in [5.74, 6) is -2.18. The quantitative estimate of drug-likeness (QED) is 0.165. The molecule has 20 nitrogen and oxygen atoms in total. The molecule has 20 heteroatoms. The van der Waals surface area contributed by atoms with Crippen LogP contribution in [0.1, 0.15) is 61.7 Å². The SMILES string of the molecule is [C-]#[N+][C@@H]1C[C@@H]2C[C@@H]2N1C(=O)CNC(=O)c1ccnc2ccc(N(C)CC3CCC(COC4CCN(C(=O)CN5CCN(CC(=O)O)CCN(CC(=O)O)CCN(CC(=O)O)CC5)CC4)CC3)cc12. The Hall–Kier alpha value is -5.46. The Kier molecular flexibility index (Phi) is 17.6. The van der Waals surface area contributed by atoms with Crippen LogP contribution in [-0.2, 0) is 28.7 Å². The standard InChI is InChI=1S/C48H68N10O10/c1-49-42-24-35-23-41(35)58(42)43(59)26-51-48(67)38-9-12-50-40-8-7-36(25-39(38)40)52(2)27-33-3-5-34(6-4-33)32-68-37-10-13-57(14-11-37)44(60)28-53-15-17-54(29-45(61)62)19-21-56(31-47(65)66)22-20-55(18-16-53)30-46(63)64/h7-9,12,25,33-35,37,41-42H,3-6,10-11,13-24,26-32H2,2H3,(H,51,67)(H,61,62)(H,63,64)(H,65,66)/t33?,34?,35-,41-,42-/m0/s1. The van der Waals surface area contributed by atoms with Crippen molar-refractivity contribution in [3.63, 3.8) is 0 Å². The number of amides is 3. The van der Waals surface area contributed by atoms with E-state index in [1.807, 2.05) is 28.0 Å². The first-order chi connectivity index (χ1) is 32.7. The number of aromatic nitrogens is 1. The second kappa shape index (κ2) is 23.7. The maximum atomic E-state index is 13.6. The smallest absolute Gasteiger partial charge is 0.317 e. The summed E-state index contributed by atoms with van der Waals surface area (Å²) in [4.78, 5) is 95.9. The van der Waals surface area contributed by atoms with E-state index in [0.29, 0.717) is 101 Å². The first kappa shape index (κ1) is 50.4. The molecule has 2 aromatic rings. The number of hydrogen-bond acceptors (Lipinski definition) is 13. The van der Waals surface area contributed by atoms with Gasteiger partial charge in [0.25, 0.3) is 5.91 Å². The van der Waals surface area contributed by atoms with Crippen molar-refractivity contribution >= 4 is 52.2 Å². The maximum Gasteiger partial charge on any atom is 0.317 e. The summed E-state index contributed by atoms with van der Waals surface area (Å²) >= 11 is 0. The van der Waals surface area contributed by atoms with Gasteiger partial charge < -0.3 is 35.2 Å². The summed E-state index contributed by atoms with van der Waals surface area (Å²) in [5, 5.41) is 32.0. The summed E-state index contributed by atoms with van der Waals surface area (Å²) in [6.45, 7) is 12.3. The van der Waals surface area contributed by atoms with Crippen molar-refractivity contribution in [1.29, 1.82) is 0 Å². The van der Waals surface area contributed by atoms with Gasteiger partial charge in [-0.05, 0) is 87.0 Å². The number of nitrogens with one attached hydrogen (secondary N) is 1. The number of likely N-dealkylation sites (tertiary alicyclic amines) is 2. The minimum Gasteiger partial charge on any atom is -0.480 e. The number of carbonyl (C=O) groups excluding carboxylic acids is 3. The molecule has 370 valence electrons. The number of carboxylic acid groups (broad SMARTS) is 3. The van der Waals surface area contributed by atoms with Gasteiger partial charge in [-0.15, -0.1) is 0 Å². The van der Waals surface area contributed by atoms with Crippen LogP contribution in [0.15, 0.2) is 30.5 Å². The highest BCUT2D eigenvalue weighted by Crippen LogP contribution is 2.48. The van der Waals surface area contributed by atoms with Crippen LogP contribution in [0.3, 0.4) is 0 Å². The molecule has 0 bridgehead atoms. The fraction of sp³-hybridized carbons (Fsp3) is 0.667. The van der Waals surface area contributed by atoms with Gasteiger partial charge in [0, 0.05) is 115 Å². The third-order valence-electron chi connectivity index (χ3n) is 14.6. The Morgan fingerprint density at radius 2 is 1.29 bits per heavy atom. The second-order valence-corrected chi connectivity index (χ2v) is 19.4. The molecule has 3 atom stereocenters. The van der Waals surface area contributed by atoms with Crippen LogP contribution in [0.5, 0.6) is 0 Å². The van der Waals surface area contributed by atoms with E-state index < -0.39 is 24.1 Å². The Balaban J connectivity index is 0.830. The van der Waals surface area contributed by atoms with Gasteiger partial charge in [-0.2, -0.15) is 0 Å². The summed E-state index contributed by atoms with van der Waals surface area (Å²) in [6, 6.07) is 7.77. The highest BCUT2D eigenvalue weighted by atomic mass is 16.5. The minimum atomic E-state index is -1.01. The molecule has 5 aliphatic rings. The van der Waals surface area contributed by atoms with Gasteiger partial charge in [0.15, 0.2) is 0 Å². The summed E-state index contributed by atoms with van der Waals surface area (Å²) in [5.41, 5.74) is 2.14. The topological polar surface area (TPSA) is 224 Å². The predicted octanol–water partition coefficient (Wildman–Crippen LogP) is 1.56. The van der Waals surface area contributed by atoms with Crippen LogP contribution in [0.2, 0.25) is 0 Å². The Bertz CT molecular complexity index is 2130. The fourth-order valence-electron chi connectivity index (χ4n) is 10.5. The van der Waals surface area contributed by atoms with E-state index in [9.17, 15) is 44.1 Å². The molecule has 2 aliphatic carbocycles. The molecule has 1 aromatic carbocycles. The average Bonchev–Trinajstić information content (AvgIpc) is 3.98.